The standard InChI is InChI=1S/C11H12BrN3S/c12-9-2-1-3-10-13-14-11(15(9)10)8-4-6-16-7-5-8/h1-3,8H,4-7H2. The van der Waals surface area contributed by atoms with Crippen LogP contribution in [0.25, 0.3) is 5.65 Å². The van der Waals surface area contributed by atoms with Crippen molar-refractivity contribution in [1.82, 2.24) is 14.6 Å². The van der Waals surface area contributed by atoms with E-state index in [1.165, 1.54) is 24.3 Å². The number of halogens is 1. The normalized spacial score (nSPS) is 18.1. The molecule has 0 saturated carbocycles. The zero-order valence-electron chi connectivity index (χ0n) is 8.77. The summed E-state index contributed by atoms with van der Waals surface area (Å²) < 4.78 is 3.17. The molecule has 2 aromatic rings. The van der Waals surface area contributed by atoms with Crippen LogP contribution in [-0.4, -0.2) is 26.1 Å². The number of thioether (sulfide) groups is 1. The minimum Gasteiger partial charge on any atom is -0.273 e. The summed E-state index contributed by atoms with van der Waals surface area (Å²) in [5.74, 6) is 4.16. The monoisotopic (exact) mass is 297 g/mol. The van der Waals surface area contributed by atoms with Gasteiger partial charge in [-0.3, -0.25) is 4.40 Å². The summed E-state index contributed by atoms with van der Waals surface area (Å²) >= 11 is 5.61. The molecule has 0 N–H and O–H groups in total. The van der Waals surface area contributed by atoms with E-state index in [-0.39, 0.29) is 0 Å². The molecule has 1 saturated heterocycles. The Morgan fingerprint density at radius 2 is 2.06 bits per heavy atom. The van der Waals surface area contributed by atoms with Crippen LogP contribution in [0.2, 0.25) is 0 Å². The topological polar surface area (TPSA) is 30.2 Å². The average molecular weight is 298 g/mol. The number of pyridine rings is 1. The summed E-state index contributed by atoms with van der Waals surface area (Å²) in [4.78, 5) is 0. The van der Waals surface area contributed by atoms with Crippen molar-refractivity contribution in [2.75, 3.05) is 11.5 Å². The zero-order chi connectivity index (χ0) is 11.0. The van der Waals surface area contributed by atoms with Crippen molar-refractivity contribution < 1.29 is 0 Å². The molecule has 1 fully saturated rings. The van der Waals surface area contributed by atoms with E-state index in [2.05, 4.69) is 30.5 Å². The first-order chi connectivity index (χ1) is 7.86. The summed E-state index contributed by atoms with van der Waals surface area (Å²) in [7, 11) is 0. The van der Waals surface area contributed by atoms with Gasteiger partial charge >= 0.3 is 0 Å². The SMILES string of the molecule is Brc1cccc2nnc(C3CCSCC3)n12. The third-order valence-corrected chi connectivity index (χ3v) is 4.66. The van der Waals surface area contributed by atoms with Crippen LogP contribution in [0.4, 0.5) is 0 Å². The van der Waals surface area contributed by atoms with Gasteiger partial charge in [0.15, 0.2) is 5.65 Å². The van der Waals surface area contributed by atoms with Gasteiger partial charge in [0.2, 0.25) is 0 Å². The molecule has 0 bridgehead atoms. The number of hydrogen-bond acceptors (Lipinski definition) is 3. The lowest BCUT2D eigenvalue weighted by Gasteiger charge is -2.19. The largest absolute Gasteiger partial charge is 0.273 e. The van der Waals surface area contributed by atoms with Gasteiger partial charge in [0.25, 0.3) is 0 Å². The van der Waals surface area contributed by atoms with Crippen LogP contribution in [0, 0.1) is 0 Å². The molecule has 2 aromatic heterocycles. The van der Waals surface area contributed by atoms with E-state index in [9.17, 15) is 0 Å². The Morgan fingerprint density at radius 3 is 2.88 bits per heavy atom. The molecular formula is C11H12BrN3S. The van der Waals surface area contributed by atoms with Crippen LogP contribution in [0.3, 0.4) is 0 Å². The molecule has 0 radical (unpaired) electrons. The van der Waals surface area contributed by atoms with E-state index in [1.54, 1.807) is 0 Å². The molecule has 3 rings (SSSR count). The van der Waals surface area contributed by atoms with E-state index < -0.39 is 0 Å². The first-order valence-electron chi connectivity index (χ1n) is 5.43. The van der Waals surface area contributed by atoms with Crippen LogP contribution >= 0.6 is 27.7 Å². The molecule has 0 aliphatic carbocycles. The summed E-state index contributed by atoms with van der Waals surface area (Å²) in [5, 5.41) is 8.58. The number of rotatable bonds is 1. The van der Waals surface area contributed by atoms with Gasteiger partial charge in [-0.1, -0.05) is 6.07 Å². The fourth-order valence-electron chi connectivity index (χ4n) is 2.14. The molecule has 16 heavy (non-hydrogen) atoms. The first-order valence-corrected chi connectivity index (χ1v) is 7.38. The molecule has 0 atom stereocenters. The third kappa shape index (κ3) is 1.76. The molecule has 1 aliphatic heterocycles. The maximum Gasteiger partial charge on any atom is 0.161 e. The Bertz CT molecular complexity index is 505. The second kappa shape index (κ2) is 4.37. The van der Waals surface area contributed by atoms with Crippen molar-refractivity contribution in [3.8, 4) is 0 Å². The van der Waals surface area contributed by atoms with Crippen LogP contribution < -0.4 is 0 Å². The summed E-state index contributed by atoms with van der Waals surface area (Å²) in [6.07, 6.45) is 2.43. The summed E-state index contributed by atoms with van der Waals surface area (Å²) in [6, 6.07) is 6.03. The molecular weight excluding hydrogens is 286 g/mol. The van der Waals surface area contributed by atoms with E-state index in [0.717, 1.165) is 16.1 Å². The van der Waals surface area contributed by atoms with Gasteiger partial charge in [0, 0.05) is 5.92 Å². The van der Waals surface area contributed by atoms with Crippen LogP contribution in [0.15, 0.2) is 22.8 Å². The lowest BCUT2D eigenvalue weighted by Crippen LogP contribution is -2.11. The highest BCUT2D eigenvalue weighted by Gasteiger charge is 2.21. The quantitative estimate of drug-likeness (QED) is 0.758. The molecule has 0 amide bonds. The number of hydrogen-bond donors (Lipinski definition) is 0. The minimum absolute atomic E-state index is 0.565. The highest BCUT2D eigenvalue weighted by Crippen LogP contribution is 2.31. The first kappa shape index (κ1) is 10.6. The van der Waals surface area contributed by atoms with Crippen molar-refractivity contribution in [3.63, 3.8) is 0 Å². The zero-order valence-corrected chi connectivity index (χ0v) is 11.2. The molecule has 3 heterocycles. The molecule has 84 valence electrons. The van der Waals surface area contributed by atoms with Crippen LogP contribution in [-0.2, 0) is 0 Å². The molecule has 0 spiro atoms. The lowest BCUT2D eigenvalue weighted by atomic mass is 10.0. The molecule has 3 nitrogen and oxygen atoms in total. The van der Waals surface area contributed by atoms with Gasteiger partial charge in [-0.15, -0.1) is 10.2 Å². The highest BCUT2D eigenvalue weighted by atomic mass is 79.9. The molecule has 0 aromatic carbocycles. The fourth-order valence-corrected chi connectivity index (χ4v) is 3.77. The minimum atomic E-state index is 0.565. The van der Waals surface area contributed by atoms with Gasteiger partial charge in [-0.2, -0.15) is 11.8 Å². The van der Waals surface area contributed by atoms with Crippen molar-refractivity contribution in [2.45, 2.75) is 18.8 Å². The Kier molecular flexibility index (Phi) is 2.90. The molecule has 0 unspecified atom stereocenters. The van der Waals surface area contributed by atoms with Gasteiger partial charge in [0.1, 0.15) is 5.82 Å². The summed E-state index contributed by atoms with van der Waals surface area (Å²) in [5.41, 5.74) is 0.933. The van der Waals surface area contributed by atoms with Crippen molar-refractivity contribution in [1.29, 1.82) is 0 Å². The van der Waals surface area contributed by atoms with Gasteiger partial charge < -0.3 is 0 Å². The van der Waals surface area contributed by atoms with E-state index in [0.29, 0.717) is 5.92 Å². The molecule has 5 heteroatoms. The number of nitrogens with zero attached hydrogens (tertiary/aromatic N) is 3. The Labute approximate surface area is 107 Å². The second-order valence-electron chi connectivity index (χ2n) is 3.99. The lowest BCUT2D eigenvalue weighted by molar-refractivity contribution is 0.590. The van der Waals surface area contributed by atoms with E-state index in [1.807, 2.05) is 30.0 Å². The Morgan fingerprint density at radius 1 is 1.25 bits per heavy atom. The number of fused-ring (bicyclic) bond motifs is 1. The van der Waals surface area contributed by atoms with E-state index >= 15 is 0 Å². The van der Waals surface area contributed by atoms with Crippen molar-refractivity contribution in [2.24, 2.45) is 0 Å². The highest BCUT2D eigenvalue weighted by molar-refractivity contribution is 9.10. The van der Waals surface area contributed by atoms with Crippen molar-refractivity contribution in [3.05, 3.63) is 28.6 Å². The Hall–Kier alpha value is -0.550. The predicted octanol–water partition coefficient (Wildman–Crippen LogP) is 3.10. The smallest absolute Gasteiger partial charge is 0.161 e. The number of aromatic nitrogens is 3. The summed E-state index contributed by atoms with van der Waals surface area (Å²) in [6.45, 7) is 0. The average Bonchev–Trinajstić information content (AvgIpc) is 2.75. The second-order valence-corrected chi connectivity index (χ2v) is 6.02. The predicted molar refractivity (Wildman–Crippen MR) is 70.0 cm³/mol. The van der Waals surface area contributed by atoms with Crippen LogP contribution in [0.5, 0.6) is 0 Å². The third-order valence-electron chi connectivity index (χ3n) is 2.99. The molecule has 1 aliphatic rings. The van der Waals surface area contributed by atoms with Gasteiger partial charge in [-0.05, 0) is 52.4 Å². The van der Waals surface area contributed by atoms with Crippen LogP contribution in [0.1, 0.15) is 24.6 Å². The van der Waals surface area contributed by atoms with Gasteiger partial charge in [0.05, 0.1) is 4.60 Å². The van der Waals surface area contributed by atoms with Gasteiger partial charge in [-0.25, -0.2) is 0 Å². The maximum atomic E-state index is 4.35. The fraction of sp³-hybridized carbons (Fsp3) is 0.455. The Balaban J connectivity index is 2.09. The van der Waals surface area contributed by atoms with Crippen molar-refractivity contribution >= 4 is 33.3 Å². The maximum absolute atomic E-state index is 4.35. The van der Waals surface area contributed by atoms with E-state index in [4.69, 9.17) is 0 Å².